The number of ether oxygens (including phenoxy) is 4. The van der Waals surface area contributed by atoms with Crippen molar-refractivity contribution in [2.45, 2.75) is 147 Å². The zero-order valence-corrected chi connectivity index (χ0v) is 43.2. The van der Waals surface area contributed by atoms with Gasteiger partial charge in [-0.2, -0.15) is 13.2 Å². The molecule has 7 rings (SSSR count). The summed E-state index contributed by atoms with van der Waals surface area (Å²) in [4.78, 5) is 48.0. The van der Waals surface area contributed by atoms with Crippen molar-refractivity contribution in [3.63, 3.8) is 0 Å². The van der Waals surface area contributed by atoms with E-state index in [9.17, 15) is 27.6 Å². The van der Waals surface area contributed by atoms with Crippen molar-refractivity contribution >= 4 is 35.3 Å². The number of rotatable bonds is 18. The molecule has 0 aliphatic heterocycles. The molecule has 1 spiro atoms. The first-order valence-electron chi connectivity index (χ1n) is 25.4. The van der Waals surface area contributed by atoms with Gasteiger partial charge in [0.05, 0.1) is 20.3 Å². The number of aryl methyl sites for hydroxylation is 2. The summed E-state index contributed by atoms with van der Waals surface area (Å²) in [5.74, 6) is -1.01. The maximum atomic E-state index is 14.6. The molecule has 3 aromatic carbocycles. The van der Waals surface area contributed by atoms with Gasteiger partial charge in [-0.1, -0.05) is 74.8 Å². The van der Waals surface area contributed by atoms with Crippen LogP contribution in [0.5, 0.6) is 11.5 Å². The Morgan fingerprint density at radius 2 is 1.62 bits per heavy atom. The van der Waals surface area contributed by atoms with E-state index >= 15 is 0 Å². The predicted octanol–water partition coefficient (Wildman–Crippen LogP) is 13.0. The number of aromatic nitrogens is 1. The second kappa shape index (κ2) is 22.6. The average molecular weight is 1000 g/mol. The van der Waals surface area contributed by atoms with Gasteiger partial charge in [0.15, 0.2) is 0 Å². The van der Waals surface area contributed by atoms with Crippen LogP contribution < -0.4 is 14.4 Å². The fourth-order valence-electron chi connectivity index (χ4n) is 11.4. The molecule has 1 heterocycles. The summed E-state index contributed by atoms with van der Waals surface area (Å²) in [6.45, 7) is 14.0. The number of carbonyl (C=O) groups excluding carboxylic acids is 3. The summed E-state index contributed by atoms with van der Waals surface area (Å²) in [7, 11) is 1.14. The van der Waals surface area contributed by atoms with Crippen LogP contribution in [-0.4, -0.2) is 78.6 Å². The first kappa shape index (κ1) is 53.5. The Kier molecular flexibility index (Phi) is 17.1. The lowest BCUT2D eigenvalue weighted by molar-refractivity contribution is -0.174. The number of esters is 1. The van der Waals surface area contributed by atoms with Crippen molar-refractivity contribution in [3.05, 3.63) is 118 Å². The predicted molar refractivity (Wildman–Crippen MR) is 270 cm³/mol. The molecule has 71 heavy (non-hydrogen) atoms. The molecular formula is C57H71ClF3N3O7. The van der Waals surface area contributed by atoms with Gasteiger partial charge < -0.3 is 23.8 Å². The molecule has 3 aliphatic rings. The normalized spacial score (nSPS) is 21.6. The van der Waals surface area contributed by atoms with Gasteiger partial charge in [-0.15, -0.1) is 0 Å². The molecule has 4 aromatic rings. The molecule has 1 unspecified atom stereocenters. The number of nitrogens with zero attached hydrogens (tertiary/aromatic N) is 3. The number of benzene rings is 3. The van der Waals surface area contributed by atoms with Crippen molar-refractivity contribution < 1.29 is 46.5 Å². The third-order valence-corrected chi connectivity index (χ3v) is 15.2. The minimum Gasteiger partial charge on any atom is -0.493 e. The second-order valence-electron chi connectivity index (χ2n) is 21.4. The zero-order valence-electron chi connectivity index (χ0n) is 42.4. The summed E-state index contributed by atoms with van der Waals surface area (Å²) in [6.07, 6.45) is 3.50. The molecule has 3 aliphatic carbocycles. The topological polar surface area (TPSA) is 108 Å². The Labute approximate surface area is 422 Å². The van der Waals surface area contributed by atoms with Gasteiger partial charge in [-0.25, -0.2) is 9.59 Å². The third kappa shape index (κ3) is 12.7. The largest absolute Gasteiger partial charge is 0.493 e. The number of methoxy groups -OCH3 is 1. The number of alkyl halides is 3. The van der Waals surface area contributed by atoms with E-state index in [0.29, 0.717) is 68.6 Å². The number of hydrogen-bond acceptors (Lipinski definition) is 8. The molecule has 384 valence electrons. The maximum absolute atomic E-state index is 14.6. The second-order valence-corrected chi connectivity index (χ2v) is 21.8. The first-order valence-corrected chi connectivity index (χ1v) is 25.7. The Bertz CT molecular complexity index is 2470. The van der Waals surface area contributed by atoms with E-state index in [1.165, 1.54) is 35.4 Å². The monoisotopic (exact) mass is 1000 g/mol. The van der Waals surface area contributed by atoms with Crippen molar-refractivity contribution in [1.29, 1.82) is 0 Å². The SMILES string of the molecule is COC(=O)C1(N(C(=O)C(F)(F)F)c2cccc(Cl)c2)CCC2(CC1)c1cc(OCC(C)CCN(CCCc3ccccc3)C(=O)OC(C)(C)C)ccc1C[C@@H]2C[C@@H](C)COc1ccnc2c1[C@H](C)CCC2. The van der Waals surface area contributed by atoms with Crippen LogP contribution in [0.1, 0.15) is 133 Å². The van der Waals surface area contributed by atoms with Crippen LogP contribution in [0.25, 0.3) is 0 Å². The standard InChI is InChI=1S/C57H71ClF3N3O7/c1-38(24-31-63(53(67)71-54(4,5)6)30-13-17-41-15-9-8-10-16-41)36-69-46-22-21-42-33-43(32-39(2)37-70-49-23-29-62-48-20-11-14-40(3)50(48)49)55(47(42)35-46)25-27-56(28-26-55,52(66)68-7)64(51(65)57(59,60)61)45-19-12-18-44(58)34-45/h8-10,12,15-16,18-19,21-23,29,34-35,38-40,43H,11,13-14,17,20,24-28,30-33,36-37H2,1-7H3/t38?,39-,40-,43+,55?,56?/m1/s1. The molecule has 0 bridgehead atoms. The highest BCUT2D eigenvalue weighted by Gasteiger charge is 2.60. The summed E-state index contributed by atoms with van der Waals surface area (Å²) < 4.78 is 68.1. The number of pyridine rings is 1. The Morgan fingerprint density at radius 1 is 0.887 bits per heavy atom. The number of amides is 2. The van der Waals surface area contributed by atoms with Crippen LogP contribution in [0.2, 0.25) is 5.02 Å². The van der Waals surface area contributed by atoms with Crippen molar-refractivity contribution in [3.8, 4) is 11.5 Å². The highest BCUT2D eigenvalue weighted by Crippen LogP contribution is 2.58. The van der Waals surface area contributed by atoms with E-state index < -0.39 is 34.6 Å². The third-order valence-electron chi connectivity index (χ3n) is 14.9. The molecule has 10 nitrogen and oxygen atoms in total. The van der Waals surface area contributed by atoms with E-state index in [1.807, 2.05) is 57.3 Å². The number of fused-ring (bicyclic) bond motifs is 3. The lowest BCUT2D eigenvalue weighted by Crippen LogP contribution is -2.63. The summed E-state index contributed by atoms with van der Waals surface area (Å²) in [5, 5.41) is 0.124. The quantitative estimate of drug-likeness (QED) is 0.0907. The smallest absolute Gasteiger partial charge is 0.471 e. The van der Waals surface area contributed by atoms with Gasteiger partial charge in [0, 0.05) is 41.3 Å². The van der Waals surface area contributed by atoms with Gasteiger partial charge in [-0.3, -0.25) is 14.7 Å². The Morgan fingerprint density at radius 3 is 2.31 bits per heavy atom. The molecule has 14 heteroatoms. The van der Waals surface area contributed by atoms with Crippen molar-refractivity contribution in [1.82, 2.24) is 9.88 Å². The summed E-state index contributed by atoms with van der Waals surface area (Å²) in [5.41, 5.74) is 2.35. The molecule has 1 saturated carbocycles. The van der Waals surface area contributed by atoms with E-state index in [-0.39, 0.29) is 47.4 Å². The van der Waals surface area contributed by atoms with Crippen LogP contribution in [0.15, 0.2) is 85.1 Å². The van der Waals surface area contributed by atoms with Crippen LogP contribution in [0.4, 0.5) is 23.7 Å². The lowest BCUT2D eigenvalue weighted by atomic mass is 9.59. The fourth-order valence-corrected chi connectivity index (χ4v) is 11.6. The molecule has 4 atom stereocenters. The average Bonchev–Trinajstić information content (AvgIpc) is 3.61. The van der Waals surface area contributed by atoms with Crippen molar-refractivity contribution in [2.75, 3.05) is 38.3 Å². The molecule has 0 N–H and O–H groups in total. The highest BCUT2D eigenvalue weighted by molar-refractivity contribution is 6.31. The van der Waals surface area contributed by atoms with E-state index in [1.54, 1.807) is 4.90 Å². The minimum atomic E-state index is -5.29. The van der Waals surface area contributed by atoms with E-state index in [2.05, 4.69) is 50.0 Å². The molecular weight excluding hydrogens is 931 g/mol. The molecule has 1 aromatic heterocycles. The van der Waals surface area contributed by atoms with Gasteiger partial charge >= 0.3 is 24.1 Å². The molecule has 0 saturated heterocycles. The first-order chi connectivity index (χ1) is 33.7. The number of carbonyl (C=O) groups is 3. The summed E-state index contributed by atoms with van der Waals surface area (Å²) >= 11 is 6.32. The maximum Gasteiger partial charge on any atom is 0.471 e. The zero-order chi connectivity index (χ0) is 51.1. The molecule has 1 fully saturated rings. The van der Waals surface area contributed by atoms with E-state index in [4.69, 9.17) is 30.5 Å². The van der Waals surface area contributed by atoms with Gasteiger partial charge in [0.1, 0.15) is 22.6 Å². The van der Waals surface area contributed by atoms with Gasteiger partial charge in [0.25, 0.3) is 0 Å². The van der Waals surface area contributed by atoms with Crippen LogP contribution >= 0.6 is 11.6 Å². The lowest BCUT2D eigenvalue weighted by Gasteiger charge is -2.51. The van der Waals surface area contributed by atoms with E-state index in [0.717, 1.165) is 68.2 Å². The van der Waals surface area contributed by atoms with Crippen molar-refractivity contribution in [2.24, 2.45) is 17.8 Å². The molecule has 0 radical (unpaired) electrons. The number of hydrogen-bond donors (Lipinski definition) is 0. The van der Waals surface area contributed by atoms with Crippen LogP contribution in [0, 0.1) is 17.8 Å². The minimum absolute atomic E-state index is 0.0323. The number of halogens is 4. The van der Waals surface area contributed by atoms with Crippen LogP contribution in [0.3, 0.4) is 0 Å². The Balaban J connectivity index is 1.12. The van der Waals surface area contributed by atoms with Gasteiger partial charge in [0.2, 0.25) is 0 Å². The highest BCUT2D eigenvalue weighted by atomic mass is 35.5. The number of anilines is 1. The Hall–Kier alpha value is -5.30. The molecule has 2 amide bonds. The fraction of sp³-hybridized carbons (Fsp3) is 0.544. The van der Waals surface area contributed by atoms with Gasteiger partial charge in [-0.05, 0) is 180 Å². The van der Waals surface area contributed by atoms with Crippen LogP contribution in [-0.2, 0) is 43.7 Å². The summed E-state index contributed by atoms with van der Waals surface area (Å²) in [6, 6.07) is 23.9.